The van der Waals surface area contributed by atoms with Crippen LogP contribution in [-0.2, 0) is 6.54 Å². The first-order valence-corrected chi connectivity index (χ1v) is 5.67. The van der Waals surface area contributed by atoms with Crippen LogP contribution in [0.15, 0.2) is 24.4 Å². The number of benzene rings is 1. The van der Waals surface area contributed by atoms with Crippen molar-refractivity contribution in [1.29, 1.82) is 0 Å². The molecule has 0 aliphatic rings. The number of nitrogens with two attached hydrogens (primary N) is 1. The van der Waals surface area contributed by atoms with Gasteiger partial charge in [0, 0.05) is 35.4 Å². The Morgan fingerprint density at radius 1 is 1.38 bits per heavy atom. The maximum absolute atomic E-state index is 5.84. The molecule has 3 N–H and O–H groups in total. The van der Waals surface area contributed by atoms with E-state index in [9.17, 15) is 0 Å². The number of aromatic nitrogens is 1. The summed E-state index contributed by atoms with van der Waals surface area (Å²) in [4.78, 5) is 0. The summed E-state index contributed by atoms with van der Waals surface area (Å²) in [6.07, 6.45) is 2.21. The fraction of sp³-hybridized carbons (Fsp3) is 0.385. The van der Waals surface area contributed by atoms with E-state index < -0.39 is 0 Å². The second kappa shape index (κ2) is 4.18. The predicted octanol–water partition coefficient (Wildman–Crippen LogP) is 2.52. The van der Waals surface area contributed by atoms with E-state index in [1.165, 1.54) is 16.5 Å². The second-order valence-electron chi connectivity index (χ2n) is 4.46. The third-order valence-corrected chi connectivity index (χ3v) is 2.86. The summed E-state index contributed by atoms with van der Waals surface area (Å²) in [5.74, 6) is 0. The van der Waals surface area contributed by atoms with Crippen molar-refractivity contribution in [2.45, 2.75) is 26.4 Å². The molecule has 3 nitrogen and oxygen atoms in total. The Bertz CT molecular complexity index is 497. The molecule has 86 valence electrons. The highest BCUT2D eigenvalue weighted by atomic mass is 15.0. The van der Waals surface area contributed by atoms with E-state index in [0.29, 0.717) is 6.04 Å². The zero-order valence-electron chi connectivity index (χ0n) is 10.1. The SMILES string of the molecule is CNCc1cn(C(C)C)c2ccc(N)cc12. The van der Waals surface area contributed by atoms with Crippen LogP contribution in [0.3, 0.4) is 0 Å². The highest BCUT2D eigenvalue weighted by Gasteiger charge is 2.09. The van der Waals surface area contributed by atoms with Crippen LogP contribution in [0.5, 0.6) is 0 Å². The largest absolute Gasteiger partial charge is 0.399 e. The summed E-state index contributed by atoms with van der Waals surface area (Å²) < 4.78 is 2.29. The van der Waals surface area contributed by atoms with Gasteiger partial charge in [0.1, 0.15) is 0 Å². The predicted molar refractivity (Wildman–Crippen MR) is 69.5 cm³/mol. The number of anilines is 1. The van der Waals surface area contributed by atoms with E-state index in [2.05, 4.69) is 42.1 Å². The van der Waals surface area contributed by atoms with Gasteiger partial charge in [-0.25, -0.2) is 0 Å². The maximum atomic E-state index is 5.84. The molecule has 0 saturated carbocycles. The third kappa shape index (κ3) is 1.78. The Labute approximate surface area is 96.2 Å². The molecule has 1 aromatic heterocycles. The Morgan fingerprint density at radius 2 is 2.12 bits per heavy atom. The van der Waals surface area contributed by atoms with E-state index in [4.69, 9.17) is 5.73 Å². The minimum absolute atomic E-state index is 0.469. The lowest BCUT2D eigenvalue weighted by Crippen LogP contribution is -2.04. The summed E-state index contributed by atoms with van der Waals surface area (Å²) in [6, 6.07) is 6.59. The molecule has 0 radical (unpaired) electrons. The molecule has 0 amide bonds. The van der Waals surface area contributed by atoms with Crippen molar-refractivity contribution in [2.75, 3.05) is 12.8 Å². The molecule has 0 fully saturated rings. The van der Waals surface area contributed by atoms with Crippen molar-refractivity contribution < 1.29 is 0 Å². The van der Waals surface area contributed by atoms with Crippen LogP contribution in [0.25, 0.3) is 10.9 Å². The lowest BCUT2D eigenvalue weighted by Gasteiger charge is -2.08. The smallest absolute Gasteiger partial charge is 0.0487 e. The van der Waals surface area contributed by atoms with Crippen LogP contribution >= 0.6 is 0 Å². The Balaban J connectivity index is 2.66. The number of nitrogens with one attached hydrogen (secondary N) is 1. The minimum Gasteiger partial charge on any atom is -0.399 e. The number of nitrogen functional groups attached to an aromatic ring is 1. The average Bonchev–Trinajstić information content (AvgIpc) is 2.58. The van der Waals surface area contributed by atoms with Gasteiger partial charge in [-0.1, -0.05) is 0 Å². The fourth-order valence-electron chi connectivity index (χ4n) is 2.10. The molecule has 0 spiro atoms. The second-order valence-corrected chi connectivity index (χ2v) is 4.46. The normalized spacial score (nSPS) is 11.5. The first kappa shape index (κ1) is 11.0. The van der Waals surface area contributed by atoms with E-state index in [-0.39, 0.29) is 0 Å². The zero-order valence-corrected chi connectivity index (χ0v) is 10.1. The van der Waals surface area contributed by atoms with Gasteiger partial charge in [0.25, 0.3) is 0 Å². The van der Waals surface area contributed by atoms with Gasteiger partial charge in [-0.3, -0.25) is 0 Å². The highest BCUT2D eigenvalue weighted by molar-refractivity contribution is 5.87. The van der Waals surface area contributed by atoms with Crippen molar-refractivity contribution in [3.8, 4) is 0 Å². The third-order valence-electron chi connectivity index (χ3n) is 2.86. The van der Waals surface area contributed by atoms with E-state index >= 15 is 0 Å². The van der Waals surface area contributed by atoms with Crippen molar-refractivity contribution in [2.24, 2.45) is 0 Å². The van der Waals surface area contributed by atoms with Crippen LogP contribution in [0, 0.1) is 0 Å². The number of hydrogen-bond acceptors (Lipinski definition) is 2. The van der Waals surface area contributed by atoms with Gasteiger partial charge in [-0.05, 0) is 44.7 Å². The van der Waals surface area contributed by atoms with Gasteiger partial charge < -0.3 is 15.6 Å². The number of fused-ring (bicyclic) bond motifs is 1. The molecular formula is C13H19N3. The van der Waals surface area contributed by atoms with Gasteiger partial charge in [-0.15, -0.1) is 0 Å². The lowest BCUT2D eigenvalue weighted by molar-refractivity contribution is 0.619. The molecule has 16 heavy (non-hydrogen) atoms. The number of rotatable bonds is 3. The molecule has 3 heteroatoms. The van der Waals surface area contributed by atoms with Crippen LogP contribution in [0.4, 0.5) is 5.69 Å². The molecule has 0 aliphatic heterocycles. The van der Waals surface area contributed by atoms with Gasteiger partial charge in [-0.2, -0.15) is 0 Å². The molecule has 2 rings (SSSR count). The van der Waals surface area contributed by atoms with Gasteiger partial charge >= 0.3 is 0 Å². The Morgan fingerprint density at radius 3 is 2.75 bits per heavy atom. The zero-order chi connectivity index (χ0) is 11.7. The Hall–Kier alpha value is -1.48. The summed E-state index contributed by atoms with van der Waals surface area (Å²) in [5.41, 5.74) is 9.23. The molecule has 0 unspecified atom stereocenters. The number of nitrogens with zero attached hydrogens (tertiary/aromatic N) is 1. The first-order valence-electron chi connectivity index (χ1n) is 5.67. The number of hydrogen-bond donors (Lipinski definition) is 2. The maximum Gasteiger partial charge on any atom is 0.0487 e. The highest BCUT2D eigenvalue weighted by Crippen LogP contribution is 2.26. The van der Waals surface area contributed by atoms with E-state index in [1.54, 1.807) is 0 Å². The molecule has 2 aromatic rings. The molecule has 1 heterocycles. The van der Waals surface area contributed by atoms with Gasteiger partial charge in [0.2, 0.25) is 0 Å². The molecule has 1 aromatic carbocycles. The summed E-state index contributed by atoms with van der Waals surface area (Å²) in [6.45, 7) is 5.26. The van der Waals surface area contributed by atoms with Crippen molar-refractivity contribution in [1.82, 2.24) is 9.88 Å². The standard InChI is InChI=1S/C13H19N3/c1-9(2)16-8-10(7-15-3)12-6-11(14)4-5-13(12)16/h4-6,8-9,15H,7,14H2,1-3H3. The molecular weight excluding hydrogens is 198 g/mol. The molecule has 0 aliphatic carbocycles. The van der Waals surface area contributed by atoms with Crippen molar-refractivity contribution >= 4 is 16.6 Å². The summed E-state index contributed by atoms with van der Waals surface area (Å²) >= 11 is 0. The van der Waals surface area contributed by atoms with Gasteiger partial charge in [0.05, 0.1) is 0 Å². The van der Waals surface area contributed by atoms with Crippen molar-refractivity contribution in [3.63, 3.8) is 0 Å². The first-order chi connectivity index (χ1) is 7.63. The van der Waals surface area contributed by atoms with Crippen LogP contribution in [0.1, 0.15) is 25.5 Å². The monoisotopic (exact) mass is 217 g/mol. The van der Waals surface area contributed by atoms with Crippen LogP contribution in [0.2, 0.25) is 0 Å². The van der Waals surface area contributed by atoms with Crippen LogP contribution in [-0.4, -0.2) is 11.6 Å². The van der Waals surface area contributed by atoms with Crippen LogP contribution < -0.4 is 11.1 Å². The van der Waals surface area contributed by atoms with Gasteiger partial charge in [0.15, 0.2) is 0 Å². The van der Waals surface area contributed by atoms with Crippen molar-refractivity contribution in [3.05, 3.63) is 30.0 Å². The van der Waals surface area contributed by atoms with E-state index in [0.717, 1.165) is 12.2 Å². The lowest BCUT2D eigenvalue weighted by atomic mass is 10.1. The van der Waals surface area contributed by atoms with E-state index in [1.807, 2.05) is 13.1 Å². The molecule has 0 bridgehead atoms. The molecule has 0 atom stereocenters. The minimum atomic E-state index is 0.469. The Kier molecular flexibility index (Phi) is 2.88. The molecule has 0 saturated heterocycles. The quantitative estimate of drug-likeness (QED) is 0.776. The topological polar surface area (TPSA) is 43.0 Å². The fourth-order valence-corrected chi connectivity index (χ4v) is 2.10. The summed E-state index contributed by atoms with van der Waals surface area (Å²) in [7, 11) is 1.96. The summed E-state index contributed by atoms with van der Waals surface area (Å²) in [5, 5.41) is 4.45. The average molecular weight is 217 g/mol.